The topological polar surface area (TPSA) is 89.1 Å². The summed E-state index contributed by atoms with van der Waals surface area (Å²) in [5.74, 6) is 1.48. The van der Waals surface area contributed by atoms with E-state index in [4.69, 9.17) is 9.47 Å². The van der Waals surface area contributed by atoms with Gasteiger partial charge in [-0.15, -0.1) is 5.10 Å². The number of nitrogens with one attached hydrogen (secondary N) is 2. The summed E-state index contributed by atoms with van der Waals surface area (Å²) in [6.07, 6.45) is 0. The van der Waals surface area contributed by atoms with Gasteiger partial charge in [-0.1, -0.05) is 29.8 Å². The Hall–Kier alpha value is -3.35. The van der Waals surface area contributed by atoms with Crippen LogP contribution in [0, 0.1) is 6.92 Å². The second-order valence-corrected chi connectivity index (χ2v) is 5.40. The van der Waals surface area contributed by atoms with Crippen molar-refractivity contribution >= 4 is 11.9 Å². The van der Waals surface area contributed by atoms with E-state index < -0.39 is 0 Å². The summed E-state index contributed by atoms with van der Waals surface area (Å²) in [6, 6.07) is 12.8. The number of rotatable bonds is 5. The maximum atomic E-state index is 12.4. The summed E-state index contributed by atoms with van der Waals surface area (Å²) in [4.78, 5) is 16.7. The Labute approximate surface area is 145 Å². The van der Waals surface area contributed by atoms with E-state index in [-0.39, 0.29) is 11.9 Å². The number of benzene rings is 2. The van der Waals surface area contributed by atoms with Crippen LogP contribution >= 0.6 is 0 Å². The van der Waals surface area contributed by atoms with Crippen LogP contribution in [0.25, 0.3) is 11.4 Å². The largest absolute Gasteiger partial charge is 0.493 e. The number of hydrogen-bond acceptors (Lipinski definition) is 5. The number of amides is 1. The Morgan fingerprint density at radius 2 is 1.76 bits per heavy atom. The molecule has 3 aromatic rings. The maximum absolute atomic E-state index is 12.4. The zero-order valence-electron chi connectivity index (χ0n) is 14.2. The smallest absolute Gasteiger partial charge is 0.258 e. The van der Waals surface area contributed by atoms with E-state index in [1.807, 2.05) is 31.2 Å². The van der Waals surface area contributed by atoms with Gasteiger partial charge in [0.15, 0.2) is 17.3 Å². The van der Waals surface area contributed by atoms with Gasteiger partial charge in [-0.3, -0.25) is 15.2 Å². The highest BCUT2D eigenvalue weighted by Crippen LogP contribution is 2.27. The molecule has 0 bridgehead atoms. The molecular formula is C18H18N4O3. The first kappa shape index (κ1) is 16.5. The Kier molecular flexibility index (Phi) is 4.65. The minimum atomic E-state index is -0.338. The Balaban J connectivity index is 1.76. The summed E-state index contributed by atoms with van der Waals surface area (Å²) < 4.78 is 10.4. The van der Waals surface area contributed by atoms with Crippen LogP contribution in [-0.2, 0) is 0 Å². The number of carbonyl (C=O) groups is 1. The minimum absolute atomic E-state index is 0.204. The first-order valence-corrected chi connectivity index (χ1v) is 7.63. The summed E-state index contributed by atoms with van der Waals surface area (Å²) in [7, 11) is 3.06. The van der Waals surface area contributed by atoms with Gasteiger partial charge in [0.05, 0.1) is 14.2 Å². The molecular weight excluding hydrogens is 320 g/mol. The highest BCUT2D eigenvalue weighted by atomic mass is 16.5. The number of carbonyl (C=O) groups excluding carboxylic acids is 1. The lowest BCUT2D eigenvalue weighted by Crippen LogP contribution is -2.13. The van der Waals surface area contributed by atoms with Crippen LogP contribution in [0.4, 0.5) is 5.95 Å². The number of ether oxygens (including phenoxy) is 2. The molecule has 2 aromatic carbocycles. The van der Waals surface area contributed by atoms with E-state index >= 15 is 0 Å². The predicted molar refractivity (Wildman–Crippen MR) is 94.1 cm³/mol. The molecule has 1 amide bonds. The molecule has 0 atom stereocenters. The van der Waals surface area contributed by atoms with Gasteiger partial charge >= 0.3 is 0 Å². The van der Waals surface area contributed by atoms with Crippen molar-refractivity contribution in [1.29, 1.82) is 0 Å². The molecule has 0 saturated heterocycles. The molecule has 0 unspecified atom stereocenters. The second kappa shape index (κ2) is 7.04. The highest BCUT2D eigenvalue weighted by Gasteiger charge is 2.13. The first-order valence-electron chi connectivity index (χ1n) is 7.63. The molecule has 3 rings (SSSR count). The number of H-pyrrole nitrogens is 1. The molecule has 0 aliphatic rings. The van der Waals surface area contributed by atoms with Gasteiger partial charge in [0.25, 0.3) is 5.91 Å². The lowest BCUT2D eigenvalue weighted by molar-refractivity contribution is 0.102. The third kappa shape index (κ3) is 3.60. The molecule has 7 heteroatoms. The third-order valence-corrected chi connectivity index (χ3v) is 3.68. The Morgan fingerprint density at radius 3 is 2.44 bits per heavy atom. The zero-order chi connectivity index (χ0) is 17.8. The standard InChI is InChI=1S/C18H18N4O3/c1-11-4-6-12(7-5-11)16-19-18(22-21-16)20-17(23)13-8-9-14(24-2)15(10-13)25-3/h4-10H,1-3H3,(H2,19,20,21,22,23). The molecule has 2 N–H and O–H groups in total. The normalized spacial score (nSPS) is 10.4. The van der Waals surface area contributed by atoms with Crippen molar-refractivity contribution < 1.29 is 14.3 Å². The predicted octanol–water partition coefficient (Wildman–Crippen LogP) is 3.05. The average Bonchev–Trinajstić information content (AvgIpc) is 3.10. The van der Waals surface area contributed by atoms with E-state index in [9.17, 15) is 4.79 Å². The zero-order valence-corrected chi connectivity index (χ0v) is 14.2. The summed E-state index contributed by atoms with van der Waals surface area (Å²) in [5, 5.41) is 9.51. The van der Waals surface area contributed by atoms with Crippen LogP contribution in [0.15, 0.2) is 42.5 Å². The third-order valence-electron chi connectivity index (χ3n) is 3.68. The maximum Gasteiger partial charge on any atom is 0.258 e. The number of aromatic amines is 1. The van der Waals surface area contributed by atoms with E-state index in [1.165, 1.54) is 14.2 Å². The van der Waals surface area contributed by atoms with Crippen molar-refractivity contribution in [3.8, 4) is 22.9 Å². The Bertz CT molecular complexity index is 888. The monoisotopic (exact) mass is 338 g/mol. The number of nitrogens with zero attached hydrogens (tertiary/aromatic N) is 2. The number of aromatic nitrogens is 3. The van der Waals surface area contributed by atoms with Crippen molar-refractivity contribution in [1.82, 2.24) is 15.2 Å². The molecule has 1 aromatic heterocycles. The van der Waals surface area contributed by atoms with Gasteiger partial charge in [-0.2, -0.15) is 4.98 Å². The lowest BCUT2D eigenvalue weighted by atomic mass is 10.1. The van der Waals surface area contributed by atoms with Crippen LogP contribution in [-0.4, -0.2) is 35.3 Å². The first-order chi connectivity index (χ1) is 12.1. The van der Waals surface area contributed by atoms with Crippen LogP contribution in [0.3, 0.4) is 0 Å². The van der Waals surface area contributed by atoms with Gasteiger partial charge in [0.1, 0.15) is 0 Å². The SMILES string of the molecule is COc1ccc(C(=O)Nc2n[nH]c(-c3ccc(C)cc3)n2)cc1OC. The number of anilines is 1. The van der Waals surface area contributed by atoms with Crippen molar-refractivity contribution in [3.63, 3.8) is 0 Å². The second-order valence-electron chi connectivity index (χ2n) is 5.40. The minimum Gasteiger partial charge on any atom is -0.493 e. The van der Waals surface area contributed by atoms with Gasteiger partial charge in [-0.25, -0.2) is 0 Å². The summed E-state index contributed by atoms with van der Waals surface area (Å²) in [6.45, 7) is 2.01. The van der Waals surface area contributed by atoms with Crippen molar-refractivity contribution in [2.24, 2.45) is 0 Å². The average molecular weight is 338 g/mol. The molecule has 25 heavy (non-hydrogen) atoms. The molecule has 0 aliphatic heterocycles. The van der Waals surface area contributed by atoms with Crippen LogP contribution in [0.5, 0.6) is 11.5 Å². The fourth-order valence-electron chi connectivity index (χ4n) is 2.31. The van der Waals surface area contributed by atoms with E-state index in [0.29, 0.717) is 22.9 Å². The summed E-state index contributed by atoms with van der Waals surface area (Å²) >= 11 is 0. The molecule has 0 aliphatic carbocycles. The van der Waals surface area contributed by atoms with Crippen LogP contribution in [0.2, 0.25) is 0 Å². The van der Waals surface area contributed by atoms with Crippen molar-refractivity contribution in [2.45, 2.75) is 6.92 Å². The fraction of sp³-hybridized carbons (Fsp3) is 0.167. The number of aryl methyl sites for hydroxylation is 1. The number of methoxy groups -OCH3 is 2. The molecule has 0 fully saturated rings. The van der Waals surface area contributed by atoms with Crippen molar-refractivity contribution in [2.75, 3.05) is 19.5 Å². The number of hydrogen-bond donors (Lipinski definition) is 2. The molecule has 1 heterocycles. The van der Waals surface area contributed by atoms with Gasteiger partial charge in [-0.05, 0) is 25.1 Å². The lowest BCUT2D eigenvalue weighted by Gasteiger charge is -2.08. The van der Waals surface area contributed by atoms with Crippen LogP contribution < -0.4 is 14.8 Å². The van der Waals surface area contributed by atoms with Gasteiger partial charge < -0.3 is 9.47 Å². The summed E-state index contributed by atoms with van der Waals surface area (Å²) in [5.41, 5.74) is 2.47. The van der Waals surface area contributed by atoms with Crippen LogP contribution in [0.1, 0.15) is 15.9 Å². The Morgan fingerprint density at radius 1 is 1.04 bits per heavy atom. The highest BCUT2D eigenvalue weighted by molar-refractivity contribution is 6.03. The molecule has 7 nitrogen and oxygen atoms in total. The molecule has 128 valence electrons. The molecule has 0 spiro atoms. The van der Waals surface area contributed by atoms with Gasteiger partial charge in [0.2, 0.25) is 5.95 Å². The van der Waals surface area contributed by atoms with E-state index in [0.717, 1.165) is 11.1 Å². The van der Waals surface area contributed by atoms with Gasteiger partial charge in [0, 0.05) is 11.1 Å². The van der Waals surface area contributed by atoms with E-state index in [2.05, 4.69) is 20.5 Å². The van der Waals surface area contributed by atoms with Crippen molar-refractivity contribution in [3.05, 3.63) is 53.6 Å². The molecule has 0 radical (unpaired) electrons. The fourth-order valence-corrected chi connectivity index (χ4v) is 2.31. The van der Waals surface area contributed by atoms with E-state index in [1.54, 1.807) is 18.2 Å². The quantitative estimate of drug-likeness (QED) is 0.746. The molecule has 0 saturated carbocycles.